The summed E-state index contributed by atoms with van der Waals surface area (Å²) in [6.45, 7) is 0. The Labute approximate surface area is 124 Å². The molecule has 2 aromatic carbocycles. The van der Waals surface area contributed by atoms with Gasteiger partial charge in [0.05, 0.1) is 5.56 Å². The lowest BCUT2D eigenvalue weighted by Crippen LogP contribution is -2.41. The van der Waals surface area contributed by atoms with Crippen molar-refractivity contribution in [1.82, 2.24) is 10.3 Å². The van der Waals surface area contributed by atoms with Gasteiger partial charge in [0, 0.05) is 0 Å². The molecule has 22 heavy (non-hydrogen) atoms. The molecule has 0 spiro atoms. The number of hydrazine groups is 1. The maximum Gasteiger partial charge on any atom is 0.269 e. The molecular formula is C13H10F2N2O4S. The summed E-state index contributed by atoms with van der Waals surface area (Å²) in [6, 6.07) is 8.02. The highest BCUT2D eigenvalue weighted by atomic mass is 32.2. The van der Waals surface area contributed by atoms with Crippen LogP contribution < -0.4 is 10.3 Å². The highest BCUT2D eigenvalue weighted by molar-refractivity contribution is 7.89. The fraction of sp³-hybridized carbons (Fsp3) is 0. The van der Waals surface area contributed by atoms with Crippen LogP contribution in [0.2, 0.25) is 0 Å². The second-order valence-corrected chi connectivity index (χ2v) is 5.78. The maximum absolute atomic E-state index is 13.5. The van der Waals surface area contributed by atoms with Gasteiger partial charge in [-0.1, -0.05) is 18.2 Å². The molecule has 0 unspecified atom stereocenters. The molecule has 6 nitrogen and oxygen atoms in total. The molecule has 0 radical (unpaired) electrons. The topological polar surface area (TPSA) is 95.5 Å². The van der Waals surface area contributed by atoms with Crippen LogP contribution in [0.3, 0.4) is 0 Å². The highest BCUT2D eigenvalue weighted by Crippen LogP contribution is 2.17. The quantitative estimate of drug-likeness (QED) is 0.737. The summed E-state index contributed by atoms with van der Waals surface area (Å²) in [4.78, 5) is 12.4. The summed E-state index contributed by atoms with van der Waals surface area (Å²) in [5, 5.41) is 9.46. The standard InChI is InChI=1S/C13H10F2N2O4S/c14-9-5-3-7-11(12(9)15)22(20,21)17-16-13(19)8-4-1-2-6-10(8)18/h1-7,17-18H,(H,16,19). The number of amides is 1. The van der Waals surface area contributed by atoms with Crippen LogP contribution in [0.25, 0.3) is 0 Å². The number of para-hydroxylation sites is 1. The Morgan fingerprint density at radius 3 is 2.41 bits per heavy atom. The smallest absolute Gasteiger partial charge is 0.269 e. The Morgan fingerprint density at radius 1 is 1.05 bits per heavy atom. The summed E-state index contributed by atoms with van der Waals surface area (Å²) in [6.07, 6.45) is 0. The van der Waals surface area contributed by atoms with Crippen LogP contribution >= 0.6 is 0 Å². The van der Waals surface area contributed by atoms with Gasteiger partial charge in [-0.05, 0) is 24.3 Å². The van der Waals surface area contributed by atoms with E-state index in [2.05, 4.69) is 0 Å². The van der Waals surface area contributed by atoms with E-state index in [0.717, 1.165) is 18.2 Å². The Hall–Kier alpha value is -2.52. The molecule has 116 valence electrons. The van der Waals surface area contributed by atoms with Gasteiger partial charge in [-0.2, -0.15) is 0 Å². The minimum Gasteiger partial charge on any atom is -0.507 e. The zero-order chi connectivity index (χ0) is 16.3. The minimum absolute atomic E-state index is 0.190. The first-order chi connectivity index (χ1) is 10.3. The van der Waals surface area contributed by atoms with E-state index in [0.29, 0.717) is 0 Å². The molecule has 0 bridgehead atoms. The molecule has 0 aliphatic rings. The van der Waals surface area contributed by atoms with E-state index in [-0.39, 0.29) is 11.3 Å². The Bertz CT molecular complexity index is 825. The molecule has 0 aromatic heterocycles. The van der Waals surface area contributed by atoms with Crippen molar-refractivity contribution in [2.45, 2.75) is 4.90 Å². The summed E-state index contributed by atoms with van der Waals surface area (Å²) in [5.41, 5.74) is 1.61. The number of carbonyl (C=O) groups is 1. The molecule has 0 saturated heterocycles. The van der Waals surface area contributed by atoms with Crippen molar-refractivity contribution < 1.29 is 27.1 Å². The van der Waals surface area contributed by atoms with Crippen molar-refractivity contribution in [3.8, 4) is 5.75 Å². The number of carbonyl (C=O) groups excluding carboxylic acids is 1. The molecule has 0 aliphatic carbocycles. The zero-order valence-electron chi connectivity index (χ0n) is 10.9. The van der Waals surface area contributed by atoms with Crippen molar-refractivity contribution in [3.05, 3.63) is 59.7 Å². The molecule has 0 fully saturated rings. The third-order valence-corrected chi connectivity index (χ3v) is 3.92. The number of sulfonamides is 1. The van der Waals surface area contributed by atoms with E-state index in [9.17, 15) is 27.1 Å². The minimum atomic E-state index is -4.51. The average Bonchev–Trinajstić information content (AvgIpc) is 2.48. The van der Waals surface area contributed by atoms with Gasteiger partial charge in [0.1, 0.15) is 10.6 Å². The van der Waals surface area contributed by atoms with Crippen LogP contribution in [0, 0.1) is 11.6 Å². The summed E-state index contributed by atoms with van der Waals surface area (Å²) in [7, 11) is -4.51. The Balaban J connectivity index is 2.19. The van der Waals surface area contributed by atoms with Crippen LogP contribution in [0.4, 0.5) is 8.78 Å². The second-order valence-electron chi connectivity index (χ2n) is 4.13. The SMILES string of the molecule is O=C(NNS(=O)(=O)c1cccc(F)c1F)c1ccccc1O. The predicted octanol–water partition coefficient (Wildman–Crippen LogP) is 1.29. The van der Waals surface area contributed by atoms with E-state index in [4.69, 9.17) is 0 Å². The molecule has 0 atom stereocenters. The molecule has 9 heteroatoms. The van der Waals surface area contributed by atoms with Crippen LogP contribution in [0.5, 0.6) is 5.75 Å². The van der Waals surface area contributed by atoms with E-state index < -0.39 is 32.5 Å². The molecule has 2 rings (SSSR count). The van der Waals surface area contributed by atoms with Gasteiger partial charge in [0.25, 0.3) is 15.9 Å². The number of phenols is 1. The lowest BCUT2D eigenvalue weighted by molar-refractivity contribution is 0.0942. The van der Waals surface area contributed by atoms with Gasteiger partial charge < -0.3 is 5.11 Å². The van der Waals surface area contributed by atoms with Crippen molar-refractivity contribution in [1.29, 1.82) is 0 Å². The highest BCUT2D eigenvalue weighted by Gasteiger charge is 2.22. The van der Waals surface area contributed by atoms with E-state index in [1.54, 1.807) is 10.3 Å². The molecular weight excluding hydrogens is 318 g/mol. The van der Waals surface area contributed by atoms with E-state index in [1.807, 2.05) is 0 Å². The van der Waals surface area contributed by atoms with Crippen LogP contribution in [0.1, 0.15) is 10.4 Å². The number of hydrogen-bond donors (Lipinski definition) is 3. The number of aromatic hydroxyl groups is 1. The fourth-order valence-electron chi connectivity index (χ4n) is 1.59. The number of halogens is 2. The molecule has 0 saturated carbocycles. The summed E-state index contributed by atoms with van der Waals surface area (Å²) >= 11 is 0. The third kappa shape index (κ3) is 3.21. The van der Waals surface area contributed by atoms with Gasteiger partial charge in [-0.15, -0.1) is 4.83 Å². The number of phenolic OH excluding ortho intramolecular Hbond substituents is 1. The lowest BCUT2D eigenvalue weighted by atomic mass is 10.2. The fourth-order valence-corrected chi connectivity index (χ4v) is 2.52. The van der Waals surface area contributed by atoms with Crippen LogP contribution in [-0.2, 0) is 10.0 Å². The zero-order valence-corrected chi connectivity index (χ0v) is 11.7. The van der Waals surface area contributed by atoms with Gasteiger partial charge in [-0.3, -0.25) is 10.2 Å². The largest absolute Gasteiger partial charge is 0.507 e. The molecule has 0 aliphatic heterocycles. The Morgan fingerprint density at radius 2 is 1.73 bits per heavy atom. The van der Waals surface area contributed by atoms with Crippen molar-refractivity contribution in [2.24, 2.45) is 0 Å². The third-order valence-electron chi connectivity index (χ3n) is 2.65. The van der Waals surface area contributed by atoms with Gasteiger partial charge in [0.15, 0.2) is 11.6 Å². The summed E-state index contributed by atoms with van der Waals surface area (Å²) in [5.74, 6) is -4.23. The molecule has 0 heterocycles. The summed E-state index contributed by atoms with van der Waals surface area (Å²) < 4.78 is 50.2. The van der Waals surface area contributed by atoms with Crippen molar-refractivity contribution in [2.75, 3.05) is 0 Å². The normalized spacial score (nSPS) is 11.2. The van der Waals surface area contributed by atoms with Crippen molar-refractivity contribution >= 4 is 15.9 Å². The first-order valence-corrected chi connectivity index (χ1v) is 7.35. The number of hydrogen-bond acceptors (Lipinski definition) is 4. The monoisotopic (exact) mass is 328 g/mol. The van der Waals surface area contributed by atoms with E-state index >= 15 is 0 Å². The lowest BCUT2D eigenvalue weighted by Gasteiger charge is -2.10. The van der Waals surface area contributed by atoms with Gasteiger partial charge >= 0.3 is 0 Å². The van der Waals surface area contributed by atoms with Gasteiger partial charge in [-0.25, -0.2) is 17.2 Å². The molecule has 3 N–H and O–H groups in total. The number of rotatable bonds is 4. The predicted molar refractivity (Wildman–Crippen MR) is 72.3 cm³/mol. The molecule has 1 amide bonds. The molecule has 2 aromatic rings. The van der Waals surface area contributed by atoms with Crippen LogP contribution in [-0.4, -0.2) is 19.4 Å². The first kappa shape index (κ1) is 15.9. The van der Waals surface area contributed by atoms with Crippen molar-refractivity contribution in [3.63, 3.8) is 0 Å². The maximum atomic E-state index is 13.5. The second kappa shape index (κ2) is 6.08. The van der Waals surface area contributed by atoms with Crippen LogP contribution in [0.15, 0.2) is 47.4 Å². The van der Waals surface area contributed by atoms with Gasteiger partial charge in [0.2, 0.25) is 0 Å². The number of benzene rings is 2. The Kier molecular flexibility index (Phi) is 4.38. The van der Waals surface area contributed by atoms with E-state index in [1.165, 1.54) is 24.3 Å². The number of nitrogens with one attached hydrogen (secondary N) is 2. The first-order valence-electron chi connectivity index (χ1n) is 5.87. The average molecular weight is 328 g/mol.